The van der Waals surface area contributed by atoms with Crippen LogP contribution >= 0.6 is 0 Å². The zero-order valence-electron chi connectivity index (χ0n) is 27.4. The Morgan fingerprint density at radius 2 is 0.833 bits per heavy atom. The van der Waals surface area contributed by atoms with Gasteiger partial charge in [0, 0.05) is 36.3 Å². The molecule has 266 valence electrons. The quantitative estimate of drug-likeness (QED) is 0.0653. The minimum atomic E-state index is -0.802. The number of hydrogen-bond acceptors (Lipinski definition) is 12. The Bertz CT molecular complexity index is 1380. The van der Waals surface area contributed by atoms with Crippen molar-refractivity contribution >= 4 is 0 Å². The van der Waals surface area contributed by atoms with Crippen molar-refractivity contribution < 1.29 is 46.0 Å². The van der Waals surface area contributed by atoms with E-state index in [-0.39, 0.29) is 37.1 Å². The summed E-state index contributed by atoms with van der Waals surface area (Å²) < 4.78 is 0. The third-order valence-corrected chi connectivity index (χ3v) is 8.60. The van der Waals surface area contributed by atoms with Gasteiger partial charge < -0.3 is 61.9 Å². The van der Waals surface area contributed by atoms with E-state index in [1.54, 1.807) is 36.4 Å². The first kappa shape index (κ1) is 39.1. The summed E-state index contributed by atoms with van der Waals surface area (Å²) in [6, 6.07) is 14.1. The SMILES string of the molecule is OCc1cc(C(O)CNCCCCC(CCCNCC(O)c2ccc(O)c(CO)c2)CNCC(O)c2ccc(O)c(CO)c2)ccc1O. The van der Waals surface area contributed by atoms with E-state index in [9.17, 15) is 46.0 Å². The van der Waals surface area contributed by atoms with Gasteiger partial charge in [-0.1, -0.05) is 24.6 Å². The number of phenols is 3. The average Bonchev–Trinajstić information content (AvgIpc) is 3.09. The summed E-state index contributed by atoms with van der Waals surface area (Å²) >= 11 is 0. The maximum absolute atomic E-state index is 10.7. The van der Waals surface area contributed by atoms with Crippen molar-refractivity contribution in [3.05, 3.63) is 88.0 Å². The van der Waals surface area contributed by atoms with Crippen LogP contribution in [0.1, 0.15) is 83.8 Å². The van der Waals surface area contributed by atoms with E-state index in [4.69, 9.17) is 0 Å². The molecule has 0 saturated carbocycles. The smallest absolute Gasteiger partial charge is 0.121 e. The topological polar surface area (TPSA) is 218 Å². The highest BCUT2D eigenvalue weighted by atomic mass is 16.3. The van der Waals surface area contributed by atoms with Crippen LogP contribution in [-0.4, -0.2) is 85.2 Å². The molecule has 0 bridgehead atoms. The Hall–Kier alpha value is -3.30. The maximum atomic E-state index is 10.7. The molecule has 3 aromatic rings. The van der Waals surface area contributed by atoms with Crippen LogP contribution in [0.3, 0.4) is 0 Å². The van der Waals surface area contributed by atoms with E-state index in [0.29, 0.717) is 78.6 Å². The largest absolute Gasteiger partial charge is 0.508 e. The van der Waals surface area contributed by atoms with Crippen molar-refractivity contribution in [2.24, 2.45) is 5.92 Å². The molecule has 0 aliphatic heterocycles. The van der Waals surface area contributed by atoms with Crippen molar-refractivity contribution in [1.82, 2.24) is 16.0 Å². The highest BCUT2D eigenvalue weighted by Crippen LogP contribution is 2.25. The van der Waals surface area contributed by atoms with Crippen molar-refractivity contribution in [3.63, 3.8) is 0 Å². The molecule has 0 aromatic heterocycles. The Morgan fingerprint density at radius 1 is 0.458 bits per heavy atom. The lowest BCUT2D eigenvalue weighted by Crippen LogP contribution is -2.29. The third kappa shape index (κ3) is 12.6. The number of aliphatic hydroxyl groups excluding tert-OH is 6. The summed E-state index contributed by atoms with van der Waals surface area (Å²) in [4.78, 5) is 0. The van der Waals surface area contributed by atoms with Crippen molar-refractivity contribution in [3.8, 4) is 17.2 Å². The van der Waals surface area contributed by atoms with Crippen LogP contribution in [0.5, 0.6) is 17.2 Å². The molecular weight excluding hydrogens is 618 g/mol. The molecule has 0 aliphatic rings. The summed E-state index contributed by atoms with van der Waals surface area (Å²) in [5.74, 6) is 0.295. The van der Waals surface area contributed by atoms with Crippen molar-refractivity contribution in [2.75, 3.05) is 39.3 Å². The summed E-state index contributed by atoms with van der Waals surface area (Å²) in [5.41, 5.74) is 2.95. The van der Waals surface area contributed by atoms with Gasteiger partial charge in [-0.3, -0.25) is 0 Å². The second-order valence-electron chi connectivity index (χ2n) is 12.3. The lowest BCUT2D eigenvalue weighted by molar-refractivity contribution is 0.170. The molecule has 0 amide bonds. The van der Waals surface area contributed by atoms with E-state index in [1.165, 1.54) is 18.2 Å². The van der Waals surface area contributed by atoms with Gasteiger partial charge in [0.05, 0.1) is 38.1 Å². The van der Waals surface area contributed by atoms with Crippen LogP contribution in [0.15, 0.2) is 54.6 Å². The number of aromatic hydroxyl groups is 3. The standard InChI is InChI=1S/C36H53N3O9/c40-21-28-14-25(6-9-31(28)43)34(46)18-37-12-2-1-4-24(17-39-20-36(48)27-8-11-33(45)30(16-27)23-42)5-3-13-38-19-35(47)26-7-10-32(44)29(15-26)22-41/h6-11,14-16,24,34-48H,1-5,12-13,17-23H2. The number of hydrogen-bond donors (Lipinski definition) is 12. The molecule has 3 rings (SSSR count). The Kier molecular flexibility index (Phi) is 17.1. The Balaban J connectivity index is 1.44. The van der Waals surface area contributed by atoms with Crippen LogP contribution in [0.2, 0.25) is 0 Å². The summed E-state index contributed by atoms with van der Waals surface area (Å²) in [5, 5.41) is 99.1. The van der Waals surface area contributed by atoms with Gasteiger partial charge in [0.1, 0.15) is 17.2 Å². The number of aliphatic hydroxyl groups is 6. The second-order valence-corrected chi connectivity index (χ2v) is 12.3. The van der Waals surface area contributed by atoms with E-state index >= 15 is 0 Å². The monoisotopic (exact) mass is 671 g/mol. The molecule has 4 unspecified atom stereocenters. The first-order valence-corrected chi connectivity index (χ1v) is 16.6. The minimum absolute atomic E-state index is 0.00375. The van der Waals surface area contributed by atoms with Crippen LogP contribution in [0.25, 0.3) is 0 Å². The highest BCUT2D eigenvalue weighted by Gasteiger charge is 2.15. The fourth-order valence-corrected chi connectivity index (χ4v) is 5.62. The van der Waals surface area contributed by atoms with Crippen LogP contribution in [0.4, 0.5) is 0 Å². The zero-order chi connectivity index (χ0) is 34.9. The number of benzene rings is 3. The molecule has 0 fully saturated rings. The Morgan fingerprint density at radius 3 is 1.25 bits per heavy atom. The first-order chi connectivity index (χ1) is 23.2. The third-order valence-electron chi connectivity index (χ3n) is 8.60. The molecular formula is C36H53N3O9. The van der Waals surface area contributed by atoms with Crippen LogP contribution < -0.4 is 16.0 Å². The van der Waals surface area contributed by atoms with Crippen molar-refractivity contribution in [2.45, 2.75) is 70.2 Å². The van der Waals surface area contributed by atoms with Gasteiger partial charge in [-0.05, 0) is 104 Å². The fraction of sp³-hybridized carbons (Fsp3) is 0.500. The number of nitrogens with one attached hydrogen (secondary N) is 3. The molecule has 12 heteroatoms. The molecule has 0 saturated heterocycles. The van der Waals surface area contributed by atoms with Gasteiger partial charge in [0.15, 0.2) is 0 Å². The molecule has 12 nitrogen and oxygen atoms in total. The number of unbranched alkanes of at least 4 members (excludes halogenated alkanes) is 1. The van der Waals surface area contributed by atoms with Gasteiger partial charge >= 0.3 is 0 Å². The van der Waals surface area contributed by atoms with Crippen LogP contribution in [0, 0.1) is 5.92 Å². The van der Waals surface area contributed by atoms with Gasteiger partial charge in [0.25, 0.3) is 0 Å². The van der Waals surface area contributed by atoms with E-state index in [0.717, 1.165) is 32.1 Å². The maximum Gasteiger partial charge on any atom is 0.121 e. The second kappa shape index (κ2) is 20.9. The zero-order valence-corrected chi connectivity index (χ0v) is 27.4. The first-order valence-electron chi connectivity index (χ1n) is 16.6. The van der Waals surface area contributed by atoms with E-state index < -0.39 is 18.3 Å². The normalized spacial score (nSPS) is 14.1. The van der Waals surface area contributed by atoms with Crippen LogP contribution in [-0.2, 0) is 19.8 Å². The molecule has 4 atom stereocenters. The van der Waals surface area contributed by atoms with Gasteiger partial charge in [0.2, 0.25) is 0 Å². The summed E-state index contributed by atoms with van der Waals surface area (Å²) in [7, 11) is 0. The van der Waals surface area contributed by atoms with Gasteiger partial charge in [-0.15, -0.1) is 0 Å². The average molecular weight is 672 g/mol. The predicted octanol–water partition coefficient (Wildman–Crippen LogP) is 2.12. The molecule has 12 N–H and O–H groups in total. The van der Waals surface area contributed by atoms with Gasteiger partial charge in [-0.2, -0.15) is 0 Å². The van der Waals surface area contributed by atoms with Gasteiger partial charge in [-0.25, -0.2) is 0 Å². The predicted molar refractivity (Wildman–Crippen MR) is 182 cm³/mol. The molecule has 0 radical (unpaired) electrons. The highest BCUT2D eigenvalue weighted by molar-refractivity contribution is 5.38. The molecule has 0 aliphatic carbocycles. The molecule has 0 spiro atoms. The van der Waals surface area contributed by atoms with Crippen molar-refractivity contribution in [1.29, 1.82) is 0 Å². The molecule has 3 aromatic carbocycles. The van der Waals surface area contributed by atoms with E-state index in [2.05, 4.69) is 16.0 Å². The van der Waals surface area contributed by atoms with E-state index in [1.807, 2.05) is 0 Å². The number of rotatable bonds is 23. The Labute approximate surface area is 282 Å². The summed E-state index contributed by atoms with van der Waals surface area (Å²) in [6.07, 6.45) is 2.22. The lowest BCUT2D eigenvalue weighted by atomic mass is 9.96. The molecule has 48 heavy (non-hydrogen) atoms. The molecule has 0 heterocycles. The lowest BCUT2D eigenvalue weighted by Gasteiger charge is -2.20. The minimum Gasteiger partial charge on any atom is -0.508 e. The summed E-state index contributed by atoms with van der Waals surface area (Å²) in [6.45, 7) is 2.13. The fourth-order valence-electron chi connectivity index (χ4n) is 5.62.